The average molecular weight is 401 g/mol. The van der Waals surface area contributed by atoms with Gasteiger partial charge in [-0.05, 0) is 66.8 Å². The van der Waals surface area contributed by atoms with Gasteiger partial charge in [0.15, 0.2) is 5.82 Å². The van der Waals surface area contributed by atoms with Crippen molar-refractivity contribution in [3.05, 3.63) is 77.5 Å². The Morgan fingerprint density at radius 1 is 1.07 bits per heavy atom. The first-order valence-electron chi connectivity index (χ1n) is 9.87. The van der Waals surface area contributed by atoms with Crippen molar-refractivity contribution in [1.29, 1.82) is 0 Å². The third kappa shape index (κ3) is 3.18. The zero-order valence-corrected chi connectivity index (χ0v) is 16.2. The van der Waals surface area contributed by atoms with Crippen LogP contribution in [-0.2, 0) is 24.1 Å². The summed E-state index contributed by atoms with van der Waals surface area (Å²) in [4.78, 5) is 21.0. The minimum Gasteiger partial charge on any atom is -0.382 e. The number of nitrogens with two attached hydrogens (primary N) is 1. The number of nitrogen functional groups attached to an aromatic ring is 1. The van der Waals surface area contributed by atoms with Crippen LogP contribution >= 0.6 is 0 Å². The fourth-order valence-electron chi connectivity index (χ4n) is 4.17. The van der Waals surface area contributed by atoms with E-state index in [0.717, 1.165) is 41.5 Å². The molecule has 0 unspecified atom stereocenters. The highest BCUT2D eigenvalue weighted by Gasteiger charge is 2.25. The van der Waals surface area contributed by atoms with Crippen molar-refractivity contribution in [3.8, 4) is 5.69 Å². The number of benzene rings is 2. The average Bonchev–Trinajstić information content (AvgIpc) is 3.32. The smallest absolute Gasteiger partial charge is 0.228 e. The fraction of sp³-hybridized carbons (Fsp3) is 0.174. The summed E-state index contributed by atoms with van der Waals surface area (Å²) in [7, 11) is 0. The van der Waals surface area contributed by atoms with Crippen molar-refractivity contribution in [2.24, 2.45) is 0 Å². The van der Waals surface area contributed by atoms with E-state index in [1.165, 1.54) is 29.7 Å². The summed E-state index contributed by atoms with van der Waals surface area (Å²) in [6, 6.07) is 13.6. The lowest BCUT2D eigenvalue weighted by Crippen LogP contribution is -2.14. The number of hydrogen-bond donors (Lipinski definition) is 2. The maximum absolute atomic E-state index is 13.0. The van der Waals surface area contributed by atoms with E-state index in [2.05, 4.69) is 19.9 Å². The monoisotopic (exact) mass is 401 g/mol. The van der Waals surface area contributed by atoms with Crippen LogP contribution in [-0.4, -0.2) is 20.4 Å². The summed E-state index contributed by atoms with van der Waals surface area (Å²) in [5, 5.41) is 2.89. The Morgan fingerprint density at radius 3 is 2.60 bits per heavy atom. The lowest BCUT2D eigenvalue weighted by atomic mass is 10.1. The molecule has 0 aliphatic heterocycles. The molecule has 2 aromatic carbocycles. The van der Waals surface area contributed by atoms with Crippen molar-refractivity contribution in [2.45, 2.75) is 25.7 Å². The van der Waals surface area contributed by atoms with E-state index < -0.39 is 0 Å². The van der Waals surface area contributed by atoms with E-state index in [-0.39, 0.29) is 18.1 Å². The normalized spacial score (nSPS) is 12.8. The predicted molar refractivity (Wildman–Crippen MR) is 114 cm³/mol. The van der Waals surface area contributed by atoms with Crippen LogP contribution in [0, 0.1) is 5.82 Å². The van der Waals surface area contributed by atoms with Crippen molar-refractivity contribution < 1.29 is 9.18 Å². The van der Waals surface area contributed by atoms with Crippen LogP contribution in [0.1, 0.15) is 23.2 Å². The van der Waals surface area contributed by atoms with E-state index in [1.807, 2.05) is 24.3 Å². The number of fused-ring (bicyclic) bond motifs is 3. The molecule has 0 spiro atoms. The standard InChI is InChI=1S/C23H20FN5O/c24-15-6-4-14(5-7-15)12-20(30)28-16-8-10-17(11-9-16)29-19-3-1-2-18(19)21-22(29)23(25)27-13-26-21/h4-11,13H,1-3,12H2,(H,28,30)(H2,25,26,27). The van der Waals surface area contributed by atoms with Crippen LogP contribution in [0.25, 0.3) is 16.7 Å². The Balaban J connectivity index is 1.41. The molecule has 0 fully saturated rings. The SMILES string of the molecule is Nc1ncnc2c3c(n(-c4ccc(NC(=O)Cc5ccc(F)cc5)cc4)c12)CCC3. The molecule has 0 bridgehead atoms. The molecule has 2 aromatic heterocycles. The Labute approximate surface area is 172 Å². The van der Waals surface area contributed by atoms with Crippen LogP contribution in [0.5, 0.6) is 0 Å². The Hall–Kier alpha value is -3.74. The van der Waals surface area contributed by atoms with Gasteiger partial charge in [-0.3, -0.25) is 4.79 Å². The molecule has 1 aliphatic rings. The molecular weight excluding hydrogens is 381 g/mol. The molecule has 2 heterocycles. The van der Waals surface area contributed by atoms with Gasteiger partial charge >= 0.3 is 0 Å². The molecule has 0 atom stereocenters. The molecule has 7 heteroatoms. The number of rotatable bonds is 4. The molecule has 3 N–H and O–H groups in total. The Morgan fingerprint density at radius 2 is 1.83 bits per heavy atom. The predicted octanol–water partition coefficient (Wildman–Crippen LogP) is 3.81. The molecule has 1 aliphatic carbocycles. The van der Waals surface area contributed by atoms with Gasteiger partial charge < -0.3 is 15.6 Å². The number of hydrogen-bond acceptors (Lipinski definition) is 4. The summed E-state index contributed by atoms with van der Waals surface area (Å²) in [6.45, 7) is 0. The fourth-order valence-corrected chi connectivity index (χ4v) is 4.17. The van der Waals surface area contributed by atoms with Gasteiger partial charge in [0.1, 0.15) is 17.7 Å². The molecule has 0 saturated heterocycles. The minimum absolute atomic E-state index is 0.153. The number of carbonyl (C=O) groups is 1. The summed E-state index contributed by atoms with van der Waals surface area (Å²) in [5.41, 5.74) is 12.8. The van der Waals surface area contributed by atoms with Crippen LogP contribution < -0.4 is 11.1 Å². The van der Waals surface area contributed by atoms with E-state index in [0.29, 0.717) is 11.5 Å². The summed E-state index contributed by atoms with van der Waals surface area (Å²) in [6.07, 6.45) is 4.77. The zero-order valence-electron chi connectivity index (χ0n) is 16.2. The number of anilines is 2. The highest BCUT2D eigenvalue weighted by atomic mass is 19.1. The van der Waals surface area contributed by atoms with Gasteiger partial charge in [0.05, 0.1) is 11.9 Å². The largest absolute Gasteiger partial charge is 0.382 e. The van der Waals surface area contributed by atoms with E-state index in [9.17, 15) is 9.18 Å². The number of halogens is 1. The molecule has 150 valence electrons. The number of carbonyl (C=O) groups excluding carboxylic acids is 1. The van der Waals surface area contributed by atoms with E-state index in [1.54, 1.807) is 12.1 Å². The molecule has 0 saturated carbocycles. The second-order valence-electron chi connectivity index (χ2n) is 7.47. The first kappa shape index (κ1) is 18.3. The lowest BCUT2D eigenvalue weighted by molar-refractivity contribution is -0.115. The summed E-state index contributed by atoms with van der Waals surface area (Å²) >= 11 is 0. The van der Waals surface area contributed by atoms with Gasteiger partial charge in [0.25, 0.3) is 0 Å². The molecule has 6 nitrogen and oxygen atoms in total. The number of nitrogens with one attached hydrogen (secondary N) is 1. The van der Waals surface area contributed by atoms with Crippen LogP contribution in [0.3, 0.4) is 0 Å². The van der Waals surface area contributed by atoms with Crippen LogP contribution in [0.15, 0.2) is 54.9 Å². The van der Waals surface area contributed by atoms with Gasteiger partial charge in [-0.1, -0.05) is 12.1 Å². The van der Waals surface area contributed by atoms with Crippen molar-refractivity contribution in [2.75, 3.05) is 11.1 Å². The molecule has 1 amide bonds. The van der Waals surface area contributed by atoms with Gasteiger partial charge in [-0.25, -0.2) is 14.4 Å². The number of nitrogens with zero attached hydrogens (tertiary/aromatic N) is 3. The molecule has 0 radical (unpaired) electrons. The van der Waals surface area contributed by atoms with E-state index in [4.69, 9.17) is 5.73 Å². The minimum atomic E-state index is -0.315. The van der Waals surface area contributed by atoms with Crippen molar-refractivity contribution in [3.63, 3.8) is 0 Å². The number of amides is 1. The third-order valence-corrected chi connectivity index (χ3v) is 5.51. The van der Waals surface area contributed by atoms with Crippen LogP contribution in [0.2, 0.25) is 0 Å². The Kier molecular flexibility index (Phi) is 4.43. The molecule has 30 heavy (non-hydrogen) atoms. The Bertz CT molecular complexity index is 1250. The second-order valence-corrected chi connectivity index (χ2v) is 7.47. The van der Waals surface area contributed by atoms with Gasteiger partial charge in [0, 0.05) is 17.1 Å². The lowest BCUT2D eigenvalue weighted by Gasteiger charge is -2.12. The van der Waals surface area contributed by atoms with Crippen molar-refractivity contribution >= 4 is 28.4 Å². The quantitative estimate of drug-likeness (QED) is 0.544. The maximum Gasteiger partial charge on any atom is 0.228 e. The molecular formula is C23H20FN5O. The first-order chi connectivity index (χ1) is 14.6. The highest BCUT2D eigenvalue weighted by Crippen LogP contribution is 2.36. The number of aromatic nitrogens is 3. The molecule has 5 rings (SSSR count). The van der Waals surface area contributed by atoms with Crippen molar-refractivity contribution in [1.82, 2.24) is 14.5 Å². The van der Waals surface area contributed by atoms with Gasteiger partial charge in [-0.2, -0.15) is 0 Å². The van der Waals surface area contributed by atoms with Gasteiger partial charge in [0.2, 0.25) is 5.91 Å². The highest BCUT2D eigenvalue weighted by molar-refractivity contribution is 5.93. The first-order valence-corrected chi connectivity index (χ1v) is 9.87. The number of aryl methyl sites for hydroxylation is 1. The summed E-state index contributed by atoms with van der Waals surface area (Å²) in [5.74, 6) is -0.00445. The summed E-state index contributed by atoms with van der Waals surface area (Å²) < 4.78 is 15.1. The second kappa shape index (κ2) is 7.26. The molecule has 4 aromatic rings. The van der Waals surface area contributed by atoms with Crippen LogP contribution in [0.4, 0.5) is 15.9 Å². The van der Waals surface area contributed by atoms with E-state index >= 15 is 0 Å². The third-order valence-electron chi connectivity index (χ3n) is 5.51. The topological polar surface area (TPSA) is 85.8 Å². The zero-order chi connectivity index (χ0) is 20.7. The maximum atomic E-state index is 13.0. The van der Waals surface area contributed by atoms with Gasteiger partial charge in [-0.15, -0.1) is 0 Å².